The Morgan fingerprint density at radius 3 is 2.18 bits per heavy atom. The Morgan fingerprint density at radius 1 is 1.11 bits per heavy atom. The summed E-state index contributed by atoms with van der Waals surface area (Å²) in [6.45, 7) is 20.4. The Morgan fingerprint density at radius 2 is 1.68 bits per heavy atom. The fraction of sp³-hybridized carbons (Fsp3) is 0.522. The molecule has 0 aromatic heterocycles. The molecule has 0 aliphatic rings. The number of carbonyl (C=O) groups excluding carboxylic acids is 1. The van der Waals surface area contributed by atoms with Gasteiger partial charge in [-0.15, -0.1) is 0 Å². The second kappa shape index (κ2) is 9.46. The molecule has 5 heteroatoms. The van der Waals surface area contributed by atoms with E-state index >= 15 is 0 Å². The molecule has 0 saturated heterocycles. The first kappa shape index (κ1) is 24.0. The Labute approximate surface area is 171 Å². The van der Waals surface area contributed by atoms with Crippen molar-refractivity contribution in [2.75, 3.05) is 0 Å². The SMILES string of the molecule is C=C(CC(/C=C/c1ccccc1)OC(=O)OC(C)(C)C)O[Si](C)(C)C(C)(C)C. The zero-order valence-electron chi connectivity index (χ0n) is 18.7. The van der Waals surface area contributed by atoms with E-state index in [-0.39, 0.29) is 5.04 Å². The first-order valence-corrected chi connectivity index (χ1v) is 12.6. The number of hydrogen-bond donors (Lipinski definition) is 0. The maximum absolute atomic E-state index is 12.2. The van der Waals surface area contributed by atoms with Crippen molar-refractivity contribution in [1.82, 2.24) is 0 Å². The molecule has 28 heavy (non-hydrogen) atoms. The van der Waals surface area contributed by atoms with E-state index < -0.39 is 26.2 Å². The number of hydrogen-bond acceptors (Lipinski definition) is 4. The monoisotopic (exact) mass is 404 g/mol. The highest BCUT2D eigenvalue weighted by Gasteiger charge is 2.39. The Balaban J connectivity index is 2.89. The molecule has 0 spiro atoms. The summed E-state index contributed by atoms with van der Waals surface area (Å²) in [4.78, 5) is 12.2. The van der Waals surface area contributed by atoms with Crippen LogP contribution in [0.25, 0.3) is 6.08 Å². The largest absolute Gasteiger partial charge is 0.547 e. The van der Waals surface area contributed by atoms with E-state index in [0.29, 0.717) is 12.2 Å². The molecule has 0 aliphatic carbocycles. The molecule has 0 aliphatic heterocycles. The maximum Gasteiger partial charge on any atom is 0.509 e. The quantitative estimate of drug-likeness (QED) is 0.280. The van der Waals surface area contributed by atoms with Crippen molar-refractivity contribution in [2.24, 2.45) is 0 Å². The van der Waals surface area contributed by atoms with Crippen molar-refractivity contribution in [3.05, 3.63) is 54.3 Å². The third-order valence-electron chi connectivity index (χ3n) is 4.57. The van der Waals surface area contributed by atoms with Gasteiger partial charge in [0.1, 0.15) is 11.7 Å². The summed E-state index contributed by atoms with van der Waals surface area (Å²) in [5.74, 6) is 0.623. The van der Waals surface area contributed by atoms with Gasteiger partial charge in [0.15, 0.2) is 0 Å². The van der Waals surface area contributed by atoms with Gasteiger partial charge in [0.2, 0.25) is 8.32 Å². The van der Waals surface area contributed by atoms with Crippen molar-refractivity contribution in [3.8, 4) is 0 Å². The highest BCUT2D eigenvalue weighted by molar-refractivity contribution is 6.74. The lowest BCUT2D eigenvalue weighted by molar-refractivity contribution is -0.0190. The fourth-order valence-corrected chi connectivity index (χ4v) is 3.22. The van der Waals surface area contributed by atoms with Gasteiger partial charge in [-0.3, -0.25) is 0 Å². The topological polar surface area (TPSA) is 44.8 Å². The van der Waals surface area contributed by atoms with Crippen LogP contribution in [0.3, 0.4) is 0 Å². The zero-order valence-corrected chi connectivity index (χ0v) is 19.7. The molecule has 0 bridgehead atoms. The summed E-state index contributed by atoms with van der Waals surface area (Å²) in [6.07, 6.45) is 2.94. The van der Waals surface area contributed by atoms with Gasteiger partial charge in [-0.2, -0.15) is 0 Å². The number of ether oxygens (including phenoxy) is 2. The molecule has 0 amide bonds. The second-order valence-electron chi connectivity index (χ2n) is 9.50. The summed E-state index contributed by atoms with van der Waals surface area (Å²) >= 11 is 0. The standard InChI is InChI=1S/C23H36O4Si/c1-18(27-28(8,9)23(5,6)7)17-20(25-21(24)26-22(2,3)4)16-15-19-13-11-10-12-14-19/h10-16,20H,1,17H2,2-9H3/b16-15+. The summed E-state index contributed by atoms with van der Waals surface area (Å²) in [7, 11) is -2.00. The Bertz CT molecular complexity index is 679. The van der Waals surface area contributed by atoms with Gasteiger partial charge in [-0.25, -0.2) is 4.79 Å². The normalized spacial score (nSPS) is 13.9. The van der Waals surface area contributed by atoms with Crippen molar-refractivity contribution in [1.29, 1.82) is 0 Å². The van der Waals surface area contributed by atoms with Crippen LogP contribution in [0.2, 0.25) is 18.1 Å². The summed E-state index contributed by atoms with van der Waals surface area (Å²) in [5, 5.41) is 0.0668. The van der Waals surface area contributed by atoms with E-state index in [1.807, 2.05) is 63.3 Å². The molecule has 0 heterocycles. The minimum atomic E-state index is -2.00. The molecule has 1 aromatic carbocycles. The van der Waals surface area contributed by atoms with Gasteiger partial charge in [0.25, 0.3) is 0 Å². The van der Waals surface area contributed by atoms with Gasteiger partial charge >= 0.3 is 6.16 Å². The highest BCUT2D eigenvalue weighted by Crippen LogP contribution is 2.38. The van der Waals surface area contributed by atoms with Gasteiger partial charge < -0.3 is 13.9 Å². The van der Waals surface area contributed by atoms with Crippen LogP contribution in [0.15, 0.2) is 48.7 Å². The zero-order chi connectivity index (χ0) is 21.6. The third kappa shape index (κ3) is 8.78. The van der Waals surface area contributed by atoms with E-state index in [1.54, 1.807) is 0 Å². The summed E-state index contributed by atoms with van der Waals surface area (Å²) in [6, 6.07) is 9.86. The maximum atomic E-state index is 12.2. The van der Waals surface area contributed by atoms with Crippen LogP contribution in [-0.2, 0) is 13.9 Å². The molecule has 1 aromatic rings. The molecule has 0 radical (unpaired) electrons. The number of carbonyl (C=O) groups is 1. The van der Waals surface area contributed by atoms with Crippen LogP contribution >= 0.6 is 0 Å². The minimum absolute atomic E-state index is 0.0668. The van der Waals surface area contributed by atoms with Crippen LogP contribution in [0.4, 0.5) is 4.79 Å². The van der Waals surface area contributed by atoms with Crippen molar-refractivity contribution < 1.29 is 18.7 Å². The molecule has 1 unspecified atom stereocenters. The third-order valence-corrected chi connectivity index (χ3v) is 8.99. The van der Waals surface area contributed by atoms with Gasteiger partial charge in [0.05, 0.1) is 5.76 Å². The van der Waals surface area contributed by atoms with Crippen LogP contribution in [-0.4, -0.2) is 26.2 Å². The number of benzene rings is 1. The minimum Gasteiger partial charge on any atom is -0.547 e. The van der Waals surface area contributed by atoms with E-state index in [1.165, 1.54) is 0 Å². The molecule has 4 nitrogen and oxygen atoms in total. The smallest absolute Gasteiger partial charge is 0.509 e. The Hall–Kier alpha value is -2.01. The van der Waals surface area contributed by atoms with Crippen LogP contribution in [0.5, 0.6) is 0 Å². The highest BCUT2D eigenvalue weighted by atomic mass is 28.4. The van der Waals surface area contributed by atoms with Crippen LogP contribution in [0.1, 0.15) is 53.5 Å². The molecule has 0 N–H and O–H groups in total. The van der Waals surface area contributed by atoms with E-state index in [4.69, 9.17) is 13.9 Å². The predicted octanol–water partition coefficient (Wildman–Crippen LogP) is 6.95. The molecule has 156 valence electrons. The first-order valence-electron chi connectivity index (χ1n) is 9.69. The summed E-state index contributed by atoms with van der Waals surface area (Å²) < 4.78 is 17.1. The molecule has 0 saturated carbocycles. The molecule has 0 fully saturated rings. The van der Waals surface area contributed by atoms with E-state index in [9.17, 15) is 4.79 Å². The van der Waals surface area contributed by atoms with Crippen molar-refractivity contribution in [3.63, 3.8) is 0 Å². The molecular weight excluding hydrogens is 368 g/mol. The van der Waals surface area contributed by atoms with Crippen LogP contribution < -0.4 is 0 Å². The van der Waals surface area contributed by atoms with Crippen molar-refractivity contribution in [2.45, 2.75) is 77.8 Å². The molecule has 1 atom stereocenters. The molecular formula is C23H36O4Si. The van der Waals surface area contributed by atoms with E-state index in [2.05, 4.69) is 40.4 Å². The van der Waals surface area contributed by atoms with Crippen molar-refractivity contribution >= 4 is 20.5 Å². The fourth-order valence-electron chi connectivity index (χ4n) is 2.11. The average Bonchev–Trinajstić information content (AvgIpc) is 2.50. The average molecular weight is 405 g/mol. The predicted molar refractivity (Wildman–Crippen MR) is 119 cm³/mol. The Kier molecular flexibility index (Phi) is 8.12. The van der Waals surface area contributed by atoms with E-state index in [0.717, 1.165) is 5.56 Å². The van der Waals surface area contributed by atoms with Gasteiger partial charge in [0, 0.05) is 6.42 Å². The number of rotatable bonds is 7. The lowest BCUT2D eigenvalue weighted by Gasteiger charge is -2.37. The van der Waals surface area contributed by atoms with Gasteiger partial charge in [-0.1, -0.05) is 63.8 Å². The summed E-state index contributed by atoms with van der Waals surface area (Å²) in [5.41, 5.74) is 0.413. The molecule has 1 rings (SSSR count). The van der Waals surface area contributed by atoms with Crippen LogP contribution in [0, 0.1) is 0 Å². The first-order chi connectivity index (χ1) is 12.7. The lowest BCUT2D eigenvalue weighted by atomic mass is 10.1. The second-order valence-corrected chi connectivity index (χ2v) is 14.2. The van der Waals surface area contributed by atoms with Gasteiger partial charge in [-0.05, 0) is 50.5 Å². The lowest BCUT2D eigenvalue weighted by Crippen LogP contribution is -2.40.